The number of anilines is 1. The normalized spacial score (nSPS) is 11.6. The number of rotatable bonds is 3. The Balaban J connectivity index is 2.51. The first-order valence-electron chi connectivity index (χ1n) is 6.15. The molecule has 0 bridgehead atoms. The third kappa shape index (κ3) is 3.42. The highest BCUT2D eigenvalue weighted by Gasteiger charge is 2.19. The van der Waals surface area contributed by atoms with Crippen molar-refractivity contribution in [3.63, 3.8) is 0 Å². The molecule has 0 saturated carbocycles. The molecule has 2 aromatic heterocycles. The summed E-state index contributed by atoms with van der Waals surface area (Å²) in [6.45, 7) is 9.24. The van der Waals surface area contributed by atoms with E-state index in [0.717, 1.165) is 23.1 Å². The molecule has 0 aromatic carbocycles. The zero-order valence-corrected chi connectivity index (χ0v) is 13.1. The molecule has 0 atom stereocenters. The van der Waals surface area contributed by atoms with E-state index in [2.05, 4.69) is 41.0 Å². The summed E-state index contributed by atoms with van der Waals surface area (Å²) in [5, 5.41) is 3.98. The fraction of sp³-hybridized carbons (Fsp3) is 0.462. The Morgan fingerprint density at radius 1 is 1.32 bits per heavy atom. The largest absolute Gasteiger partial charge is 0.370 e. The Bertz CT molecular complexity index is 574. The van der Waals surface area contributed by atoms with E-state index in [-0.39, 0.29) is 5.41 Å². The molecule has 0 fully saturated rings. The van der Waals surface area contributed by atoms with Crippen molar-refractivity contribution < 1.29 is 0 Å². The Morgan fingerprint density at radius 2 is 2.05 bits per heavy atom. The van der Waals surface area contributed by atoms with Crippen molar-refractivity contribution in [3.05, 3.63) is 22.3 Å². The third-order valence-electron chi connectivity index (χ3n) is 2.52. The van der Waals surface area contributed by atoms with Crippen LogP contribution in [0.5, 0.6) is 0 Å². The van der Waals surface area contributed by atoms with Crippen LogP contribution < -0.4 is 5.32 Å². The lowest BCUT2D eigenvalue weighted by atomic mass is 9.92. The van der Waals surface area contributed by atoms with Crippen LogP contribution in [-0.4, -0.2) is 21.5 Å². The molecule has 0 aliphatic heterocycles. The topological polar surface area (TPSA) is 50.7 Å². The van der Waals surface area contributed by atoms with E-state index in [1.807, 2.05) is 13.0 Å². The van der Waals surface area contributed by atoms with Crippen LogP contribution in [0.2, 0.25) is 4.34 Å². The monoisotopic (exact) mass is 296 g/mol. The summed E-state index contributed by atoms with van der Waals surface area (Å²) >= 11 is 7.31. The number of halogens is 1. The van der Waals surface area contributed by atoms with Crippen LogP contribution in [0.1, 0.15) is 33.4 Å². The first kappa shape index (κ1) is 14.2. The average molecular weight is 297 g/mol. The fourth-order valence-corrected chi connectivity index (χ4v) is 2.40. The second-order valence-electron chi connectivity index (χ2n) is 5.21. The van der Waals surface area contributed by atoms with Gasteiger partial charge in [-0.3, -0.25) is 0 Å². The van der Waals surface area contributed by atoms with Gasteiger partial charge < -0.3 is 5.32 Å². The SMILES string of the molecule is CCNc1cc(C(C)(C)C)nc(-c2ncc(Cl)s2)n1. The van der Waals surface area contributed by atoms with Crippen LogP contribution in [0.4, 0.5) is 5.82 Å². The third-order valence-corrected chi connectivity index (χ3v) is 3.63. The van der Waals surface area contributed by atoms with Crippen LogP contribution in [0.3, 0.4) is 0 Å². The number of nitrogens with one attached hydrogen (secondary N) is 1. The van der Waals surface area contributed by atoms with Crippen molar-refractivity contribution in [2.75, 3.05) is 11.9 Å². The molecular formula is C13H17ClN4S. The molecule has 2 heterocycles. The summed E-state index contributed by atoms with van der Waals surface area (Å²) in [6.07, 6.45) is 1.63. The molecule has 0 saturated heterocycles. The lowest BCUT2D eigenvalue weighted by molar-refractivity contribution is 0.568. The van der Waals surface area contributed by atoms with Crippen molar-refractivity contribution in [1.29, 1.82) is 0 Å². The van der Waals surface area contributed by atoms with E-state index in [1.165, 1.54) is 11.3 Å². The zero-order chi connectivity index (χ0) is 14.0. The molecular weight excluding hydrogens is 280 g/mol. The Hall–Kier alpha value is -1.20. The minimum atomic E-state index is -0.0388. The van der Waals surface area contributed by atoms with Gasteiger partial charge in [0.25, 0.3) is 0 Å². The van der Waals surface area contributed by atoms with Crippen molar-refractivity contribution in [2.24, 2.45) is 0 Å². The van der Waals surface area contributed by atoms with E-state index in [4.69, 9.17) is 11.6 Å². The second-order valence-corrected chi connectivity index (χ2v) is 6.87. The quantitative estimate of drug-likeness (QED) is 0.930. The summed E-state index contributed by atoms with van der Waals surface area (Å²) in [7, 11) is 0. The number of thiazole rings is 1. The number of hydrogen-bond donors (Lipinski definition) is 1. The summed E-state index contributed by atoms with van der Waals surface area (Å²) in [4.78, 5) is 13.3. The Labute approximate surface area is 122 Å². The van der Waals surface area contributed by atoms with Crippen molar-refractivity contribution in [2.45, 2.75) is 33.1 Å². The molecule has 0 unspecified atom stereocenters. The van der Waals surface area contributed by atoms with Gasteiger partial charge in [0, 0.05) is 18.0 Å². The predicted octanol–water partition coefficient (Wildman–Crippen LogP) is 3.98. The maximum absolute atomic E-state index is 5.93. The Kier molecular flexibility index (Phi) is 4.06. The first-order chi connectivity index (χ1) is 8.90. The van der Waals surface area contributed by atoms with Crippen LogP contribution in [0, 0.1) is 0 Å². The van der Waals surface area contributed by atoms with Crippen LogP contribution >= 0.6 is 22.9 Å². The lowest BCUT2D eigenvalue weighted by Gasteiger charge is -2.19. The van der Waals surface area contributed by atoms with Gasteiger partial charge in [0.2, 0.25) is 0 Å². The first-order valence-corrected chi connectivity index (χ1v) is 7.34. The number of nitrogens with zero attached hydrogens (tertiary/aromatic N) is 3. The molecule has 102 valence electrons. The van der Waals surface area contributed by atoms with Crippen LogP contribution in [0.15, 0.2) is 12.3 Å². The van der Waals surface area contributed by atoms with Crippen LogP contribution in [0.25, 0.3) is 10.8 Å². The van der Waals surface area contributed by atoms with Gasteiger partial charge in [-0.25, -0.2) is 15.0 Å². The van der Waals surface area contributed by atoms with Gasteiger partial charge in [-0.15, -0.1) is 0 Å². The predicted molar refractivity (Wildman–Crippen MR) is 81.0 cm³/mol. The summed E-state index contributed by atoms with van der Waals surface area (Å²) in [5.74, 6) is 1.45. The standard InChI is InChI=1S/C13H17ClN4S/c1-5-15-10-6-8(13(2,3)4)17-11(18-10)12-16-7-9(14)19-12/h6-7H,5H2,1-4H3,(H,15,17,18). The highest BCUT2D eigenvalue weighted by atomic mass is 35.5. The van der Waals surface area contributed by atoms with Gasteiger partial charge in [0.05, 0.1) is 11.9 Å². The maximum atomic E-state index is 5.93. The highest BCUT2D eigenvalue weighted by Crippen LogP contribution is 2.29. The van der Waals surface area contributed by atoms with Gasteiger partial charge in [-0.2, -0.15) is 0 Å². The molecule has 0 spiro atoms. The average Bonchev–Trinajstić information content (AvgIpc) is 2.75. The summed E-state index contributed by atoms with van der Waals surface area (Å²) in [5.41, 5.74) is 0.947. The van der Waals surface area contributed by atoms with Gasteiger partial charge >= 0.3 is 0 Å². The molecule has 19 heavy (non-hydrogen) atoms. The van der Waals surface area contributed by atoms with Gasteiger partial charge in [0.15, 0.2) is 10.8 Å². The van der Waals surface area contributed by atoms with Crippen LogP contribution in [-0.2, 0) is 5.41 Å². The van der Waals surface area contributed by atoms with Crippen molar-refractivity contribution in [1.82, 2.24) is 15.0 Å². The van der Waals surface area contributed by atoms with E-state index in [0.29, 0.717) is 10.2 Å². The van der Waals surface area contributed by atoms with Crippen molar-refractivity contribution in [3.8, 4) is 10.8 Å². The molecule has 0 amide bonds. The molecule has 2 aromatic rings. The molecule has 4 nitrogen and oxygen atoms in total. The highest BCUT2D eigenvalue weighted by molar-refractivity contribution is 7.18. The van der Waals surface area contributed by atoms with Crippen molar-refractivity contribution >= 4 is 28.8 Å². The minimum absolute atomic E-state index is 0.0388. The van der Waals surface area contributed by atoms with E-state index < -0.39 is 0 Å². The van der Waals surface area contributed by atoms with E-state index >= 15 is 0 Å². The second kappa shape index (κ2) is 5.43. The lowest BCUT2D eigenvalue weighted by Crippen LogP contribution is -2.15. The molecule has 1 N–H and O–H groups in total. The summed E-state index contributed by atoms with van der Waals surface area (Å²) < 4.78 is 0.643. The molecule has 0 aliphatic rings. The number of hydrogen-bond acceptors (Lipinski definition) is 5. The van der Waals surface area contributed by atoms with Gasteiger partial charge in [-0.1, -0.05) is 43.7 Å². The van der Waals surface area contributed by atoms with E-state index in [9.17, 15) is 0 Å². The van der Waals surface area contributed by atoms with Gasteiger partial charge in [-0.05, 0) is 6.92 Å². The molecule has 2 rings (SSSR count). The minimum Gasteiger partial charge on any atom is -0.370 e. The van der Waals surface area contributed by atoms with Gasteiger partial charge in [0.1, 0.15) is 10.2 Å². The molecule has 6 heteroatoms. The fourth-order valence-electron chi connectivity index (χ4n) is 1.56. The molecule has 0 radical (unpaired) electrons. The molecule has 0 aliphatic carbocycles. The smallest absolute Gasteiger partial charge is 0.190 e. The summed E-state index contributed by atoms with van der Waals surface area (Å²) in [6, 6.07) is 1.99. The van der Waals surface area contributed by atoms with E-state index in [1.54, 1.807) is 6.20 Å². The Morgan fingerprint density at radius 3 is 2.58 bits per heavy atom. The zero-order valence-electron chi connectivity index (χ0n) is 11.5. The number of aromatic nitrogens is 3. The maximum Gasteiger partial charge on any atom is 0.190 e.